The first-order valence-corrected chi connectivity index (χ1v) is 12.1. The van der Waals surface area contributed by atoms with Gasteiger partial charge in [0.05, 0.1) is 15.5 Å². The molecule has 1 aromatic heterocycles. The van der Waals surface area contributed by atoms with Crippen molar-refractivity contribution in [3.63, 3.8) is 0 Å². The van der Waals surface area contributed by atoms with Gasteiger partial charge in [0.1, 0.15) is 0 Å². The van der Waals surface area contributed by atoms with E-state index < -0.39 is 15.9 Å². The molecule has 0 aliphatic carbocycles. The average Bonchev–Trinajstić information content (AvgIpc) is 3.23. The Morgan fingerprint density at radius 2 is 1.91 bits per heavy atom. The minimum Gasteiger partial charge on any atom is -0.403 e. The highest BCUT2D eigenvalue weighted by atomic mass is 35.5. The third-order valence-electron chi connectivity index (χ3n) is 5.18. The number of carbonyl (C=O) groups is 1. The quantitative estimate of drug-likeness (QED) is 0.550. The lowest BCUT2D eigenvalue weighted by Gasteiger charge is -2.30. The van der Waals surface area contributed by atoms with Gasteiger partial charge in [0.2, 0.25) is 10.0 Å². The van der Waals surface area contributed by atoms with E-state index in [1.165, 1.54) is 28.6 Å². The Hall–Kier alpha value is -2.46. The van der Waals surface area contributed by atoms with Crippen LogP contribution in [0.5, 0.6) is 0 Å². The number of halogens is 2. The van der Waals surface area contributed by atoms with Crippen LogP contribution >= 0.6 is 23.2 Å². The third-order valence-corrected chi connectivity index (χ3v) is 7.62. The molecule has 0 bridgehead atoms. The Kier molecular flexibility index (Phi) is 6.52. The first-order valence-electron chi connectivity index (χ1n) is 9.94. The van der Waals surface area contributed by atoms with Gasteiger partial charge in [-0.25, -0.2) is 8.42 Å². The fourth-order valence-electron chi connectivity index (χ4n) is 3.51. The van der Waals surface area contributed by atoms with Crippen molar-refractivity contribution in [2.45, 2.75) is 24.7 Å². The van der Waals surface area contributed by atoms with Crippen molar-refractivity contribution < 1.29 is 17.6 Å². The standard InChI is InChI=1S/C21H20Cl2N4O4S/c1-13-3-2-10-27(12-13)32(29,30)16-7-4-14(5-8-16)19(28)24-21-26-25-20(31-21)17-11-15(22)6-9-18(17)23/h4-9,11,13H,2-3,10,12H2,1H3,(H,24,26,28). The second-order valence-electron chi connectivity index (χ2n) is 7.63. The van der Waals surface area contributed by atoms with Crippen LogP contribution in [0, 0.1) is 5.92 Å². The molecule has 0 radical (unpaired) electrons. The van der Waals surface area contributed by atoms with Gasteiger partial charge in [0.15, 0.2) is 0 Å². The van der Waals surface area contributed by atoms with E-state index in [0.717, 1.165) is 12.8 Å². The van der Waals surface area contributed by atoms with Gasteiger partial charge in [-0.3, -0.25) is 10.1 Å². The molecule has 1 aliphatic heterocycles. The predicted molar refractivity (Wildman–Crippen MR) is 121 cm³/mol. The van der Waals surface area contributed by atoms with Crippen molar-refractivity contribution in [3.05, 3.63) is 58.1 Å². The molecular formula is C21H20Cl2N4O4S. The summed E-state index contributed by atoms with van der Waals surface area (Å²) in [4.78, 5) is 12.7. The molecule has 2 aromatic carbocycles. The summed E-state index contributed by atoms with van der Waals surface area (Å²) in [6.07, 6.45) is 1.86. The lowest BCUT2D eigenvalue weighted by Crippen LogP contribution is -2.39. The highest BCUT2D eigenvalue weighted by molar-refractivity contribution is 7.89. The molecule has 11 heteroatoms. The van der Waals surface area contributed by atoms with Crippen LogP contribution in [-0.2, 0) is 10.0 Å². The van der Waals surface area contributed by atoms with Crippen LogP contribution in [0.3, 0.4) is 0 Å². The third kappa shape index (κ3) is 4.80. The number of piperidine rings is 1. The summed E-state index contributed by atoms with van der Waals surface area (Å²) in [5.74, 6) is -0.0948. The Bertz CT molecular complexity index is 1240. The van der Waals surface area contributed by atoms with E-state index in [1.807, 2.05) is 6.92 Å². The first kappa shape index (κ1) is 22.7. The van der Waals surface area contributed by atoms with Crippen molar-refractivity contribution in [1.82, 2.24) is 14.5 Å². The normalized spacial score (nSPS) is 17.3. The molecule has 32 heavy (non-hydrogen) atoms. The minimum absolute atomic E-state index is 0.102. The van der Waals surface area contributed by atoms with E-state index >= 15 is 0 Å². The zero-order valence-corrected chi connectivity index (χ0v) is 19.4. The van der Waals surface area contributed by atoms with Gasteiger partial charge in [0.25, 0.3) is 11.8 Å². The smallest absolute Gasteiger partial charge is 0.322 e. The van der Waals surface area contributed by atoms with Crippen LogP contribution in [0.15, 0.2) is 51.8 Å². The Balaban J connectivity index is 1.47. The van der Waals surface area contributed by atoms with Crippen LogP contribution in [0.2, 0.25) is 10.0 Å². The zero-order valence-electron chi connectivity index (χ0n) is 17.1. The van der Waals surface area contributed by atoms with Crippen LogP contribution in [0.1, 0.15) is 30.1 Å². The number of hydrogen-bond acceptors (Lipinski definition) is 6. The SMILES string of the molecule is CC1CCCN(S(=O)(=O)c2ccc(C(=O)Nc3nnc(-c4cc(Cl)ccc4Cl)o3)cc2)C1. The summed E-state index contributed by atoms with van der Waals surface area (Å²) in [6.45, 7) is 3.05. The van der Waals surface area contributed by atoms with Gasteiger partial charge in [0, 0.05) is 23.7 Å². The van der Waals surface area contributed by atoms with E-state index in [9.17, 15) is 13.2 Å². The zero-order chi connectivity index (χ0) is 22.9. The number of rotatable bonds is 5. The van der Waals surface area contributed by atoms with Gasteiger partial charge in [-0.05, 0) is 61.2 Å². The van der Waals surface area contributed by atoms with Crippen molar-refractivity contribution in [2.75, 3.05) is 18.4 Å². The average molecular weight is 495 g/mol. The minimum atomic E-state index is -3.59. The molecule has 0 saturated carbocycles. The number of nitrogens with one attached hydrogen (secondary N) is 1. The highest BCUT2D eigenvalue weighted by Gasteiger charge is 2.28. The summed E-state index contributed by atoms with van der Waals surface area (Å²) < 4.78 is 32.7. The number of sulfonamides is 1. The van der Waals surface area contributed by atoms with Gasteiger partial charge < -0.3 is 4.42 Å². The highest BCUT2D eigenvalue weighted by Crippen LogP contribution is 2.30. The van der Waals surface area contributed by atoms with Crippen molar-refractivity contribution in [3.8, 4) is 11.5 Å². The molecule has 1 amide bonds. The maximum Gasteiger partial charge on any atom is 0.322 e. The summed E-state index contributed by atoms with van der Waals surface area (Å²) in [6, 6.07) is 10.4. The van der Waals surface area contributed by atoms with E-state index in [1.54, 1.807) is 18.2 Å². The van der Waals surface area contributed by atoms with Crippen LogP contribution in [-0.4, -0.2) is 41.9 Å². The number of benzene rings is 2. The maximum absolute atomic E-state index is 12.9. The number of amides is 1. The lowest BCUT2D eigenvalue weighted by atomic mass is 10.0. The predicted octanol–water partition coefficient (Wildman–Crippen LogP) is 4.72. The first-order chi connectivity index (χ1) is 15.2. The van der Waals surface area contributed by atoms with E-state index in [0.29, 0.717) is 34.6 Å². The number of anilines is 1. The Morgan fingerprint density at radius 3 is 2.62 bits per heavy atom. The van der Waals surface area contributed by atoms with Gasteiger partial charge in [-0.15, -0.1) is 5.10 Å². The van der Waals surface area contributed by atoms with Gasteiger partial charge >= 0.3 is 6.01 Å². The number of carbonyl (C=O) groups excluding carboxylic acids is 1. The van der Waals surface area contributed by atoms with Crippen LogP contribution < -0.4 is 5.32 Å². The molecule has 1 fully saturated rings. The van der Waals surface area contributed by atoms with Crippen LogP contribution in [0.4, 0.5) is 6.01 Å². The molecule has 1 N–H and O–H groups in total. The lowest BCUT2D eigenvalue weighted by molar-refractivity contribution is 0.102. The van der Waals surface area contributed by atoms with E-state index in [4.69, 9.17) is 27.6 Å². The molecule has 1 aliphatic rings. The van der Waals surface area contributed by atoms with Gasteiger partial charge in [-0.2, -0.15) is 4.31 Å². The molecule has 1 saturated heterocycles. The van der Waals surface area contributed by atoms with Crippen LogP contribution in [0.25, 0.3) is 11.5 Å². The van der Waals surface area contributed by atoms with Crippen molar-refractivity contribution in [1.29, 1.82) is 0 Å². The molecule has 3 aromatic rings. The molecule has 1 atom stereocenters. The molecule has 4 rings (SSSR count). The summed E-state index contributed by atoms with van der Waals surface area (Å²) in [7, 11) is -3.59. The molecule has 168 valence electrons. The summed E-state index contributed by atoms with van der Waals surface area (Å²) in [5.41, 5.74) is 0.685. The number of nitrogens with zero attached hydrogens (tertiary/aromatic N) is 3. The molecule has 0 spiro atoms. The second-order valence-corrected chi connectivity index (χ2v) is 10.4. The van der Waals surface area contributed by atoms with E-state index in [2.05, 4.69) is 15.5 Å². The molecule has 1 unspecified atom stereocenters. The molecular weight excluding hydrogens is 475 g/mol. The largest absolute Gasteiger partial charge is 0.403 e. The molecule has 2 heterocycles. The summed E-state index contributed by atoms with van der Waals surface area (Å²) >= 11 is 12.1. The van der Waals surface area contributed by atoms with E-state index in [-0.39, 0.29) is 22.4 Å². The summed E-state index contributed by atoms with van der Waals surface area (Å²) in [5, 5.41) is 11.0. The maximum atomic E-state index is 12.9. The number of aromatic nitrogens is 2. The van der Waals surface area contributed by atoms with Crippen molar-refractivity contribution in [2.24, 2.45) is 5.92 Å². The van der Waals surface area contributed by atoms with Crippen molar-refractivity contribution >= 4 is 45.1 Å². The van der Waals surface area contributed by atoms with Gasteiger partial charge in [-0.1, -0.05) is 35.2 Å². The number of hydrogen-bond donors (Lipinski definition) is 1. The Labute approximate surface area is 195 Å². The monoisotopic (exact) mass is 494 g/mol. The topological polar surface area (TPSA) is 105 Å². The fraction of sp³-hybridized carbons (Fsp3) is 0.286. The molecule has 8 nitrogen and oxygen atoms in total. The fourth-order valence-corrected chi connectivity index (χ4v) is 5.47. The Morgan fingerprint density at radius 1 is 1.16 bits per heavy atom. The second kappa shape index (κ2) is 9.19.